The number of carbonyl (C=O) groups excluding carboxylic acids is 1. The van der Waals surface area contributed by atoms with Crippen LogP contribution in [0.1, 0.15) is 34.2 Å². The zero-order chi connectivity index (χ0) is 24.6. The van der Waals surface area contributed by atoms with Crippen LogP contribution in [0.4, 0.5) is 18.9 Å². The van der Waals surface area contributed by atoms with Gasteiger partial charge in [-0.05, 0) is 49.4 Å². The number of pyridine rings is 1. The number of nitrogens with zero attached hydrogens (tertiary/aromatic N) is 3. The summed E-state index contributed by atoms with van der Waals surface area (Å²) in [6.07, 6.45) is -1.10. The van der Waals surface area contributed by atoms with E-state index in [1.807, 2.05) is 6.92 Å². The Morgan fingerprint density at radius 1 is 1.15 bits per heavy atom. The van der Waals surface area contributed by atoms with Crippen LogP contribution >= 0.6 is 11.8 Å². The molecule has 0 bridgehead atoms. The maximum Gasteiger partial charge on any atom is 0.573 e. The first-order chi connectivity index (χ1) is 16.2. The third-order valence-corrected chi connectivity index (χ3v) is 5.34. The lowest BCUT2D eigenvalue weighted by molar-refractivity contribution is -0.274. The van der Waals surface area contributed by atoms with Gasteiger partial charge in [-0.2, -0.15) is 0 Å². The van der Waals surface area contributed by atoms with Crippen LogP contribution in [-0.4, -0.2) is 40.4 Å². The molecule has 0 aliphatic heterocycles. The van der Waals surface area contributed by atoms with Crippen molar-refractivity contribution in [1.29, 1.82) is 0 Å². The average Bonchev–Trinajstić information content (AvgIpc) is 2.80. The van der Waals surface area contributed by atoms with Crippen LogP contribution < -0.4 is 15.8 Å². The Balaban J connectivity index is 1.68. The molecule has 1 unspecified atom stereocenters. The lowest BCUT2D eigenvalue weighted by Crippen LogP contribution is -2.17. The Morgan fingerprint density at radius 2 is 1.91 bits per heavy atom. The van der Waals surface area contributed by atoms with Crippen molar-refractivity contribution < 1.29 is 27.4 Å². The first-order valence-electron chi connectivity index (χ1n) is 10.2. The van der Waals surface area contributed by atoms with E-state index < -0.39 is 17.6 Å². The van der Waals surface area contributed by atoms with Crippen molar-refractivity contribution in [3.05, 3.63) is 71.9 Å². The molecule has 0 spiro atoms. The number of carbonyl (C=O) groups is 1. The fraction of sp³-hybridized carbons (Fsp3) is 0.273. The van der Waals surface area contributed by atoms with E-state index in [1.165, 1.54) is 18.3 Å². The van der Waals surface area contributed by atoms with Gasteiger partial charge < -0.3 is 20.5 Å². The Kier molecular flexibility index (Phi) is 8.79. The summed E-state index contributed by atoms with van der Waals surface area (Å²) in [5.74, 6) is -0.286. The number of thioether (sulfide) groups is 1. The number of hydrogen-bond donors (Lipinski definition) is 2. The Morgan fingerprint density at radius 3 is 2.62 bits per heavy atom. The third-order valence-electron chi connectivity index (χ3n) is 4.29. The Labute approximate surface area is 198 Å². The second-order valence-corrected chi connectivity index (χ2v) is 7.90. The first-order valence-corrected chi connectivity index (χ1v) is 11.1. The zero-order valence-electron chi connectivity index (χ0n) is 18.1. The van der Waals surface area contributed by atoms with Gasteiger partial charge in [-0.25, -0.2) is 15.0 Å². The van der Waals surface area contributed by atoms with E-state index in [0.717, 1.165) is 23.9 Å². The molecule has 0 aliphatic carbocycles. The maximum absolute atomic E-state index is 12.8. The summed E-state index contributed by atoms with van der Waals surface area (Å²) < 4.78 is 46.1. The van der Waals surface area contributed by atoms with Crippen molar-refractivity contribution in [1.82, 2.24) is 15.0 Å². The van der Waals surface area contributed by atoms with E-state index in [-0.39, 0.29) is 11.3 Å². The molecule has 8 nitrogen and oxygen atoms in total. The number of rotatable bonds is 10. The van der Waals surface area contributed by atoms with E-state index in [1.54, 1.807) is 24.4 Å². The van der Waals surface area contributed by atoms with Crippen molar-refractivity contribution in [3.63, 3.8) is 0 Å². The van der Waals surface area contributed by atoms with E-state index >= 15 is 0 Å². The number of hydrogen-bond acceptors (Lipinski definition) is 8. The number of nitrogens with one attached hydrogen (secondary N) is 1. The summed E-state index contributed by atoms with van der Waals surface area (Å²) in [4.78, 5) is 25.7. The number of ether oxygens (including phenoxy) is 2. The maximum atomic E-state index is 12.8. The highest BCUT2D eigenvalue weighted by atomic mass is 32.2. The molecule has 0 saturated carbocycles. The standard InChI is InChI=1S/C22H22F3N5O3S/c1-2-32-13-10-18-27-12-9-17(30-18)19(26)34-21-16(4-3-11-28-21)20(31)29-14-5-7-15(8-6-14)33-22(23,24)25/h3-9,11-12,19H,2,10,13,26H2,1H3,(H,29,31). The van der Waals surface area contributed by atoms with Gasteiger partial charge in [0.15, 0.2) is 0 Å². The van der Waals surface area contributed by atoms with Crippen molar-refractivity contribution in [2.24, 2.45) is 5.73 Å². The topological polar surface area (TPSA) is 112 Å². The van der Waals surface area contributed by atoms with E-state index in [0.29, 0.717) is 41.9 Å². The van der Waals surface area contributed by atoms with Gasteiger partial charge in [-0.3, -0.25) is 4.79 Å². The molecule has 1 amide bonds. The van der Waals surface area contributed by atoms with E-state index in [2.05, 4.69) is 25.0 Å². The minimum absolute atomic E-state index is 0.254. The van der Waals surface area contributed by atoms with Crippen molar-refractivity contribution in [2.75, 3.05) is 18.5 Å². The fourth-order valence-electron chi connectivity index (χ4n) is 2.78. The fourth-order valence-corrected chi connectivity index (χ4v) is 3.68. The molecule has 12 heteroatoms. The van der Waals surface area contributed by atoms with Crippen LogP contribution in [0.5, 0.6) is 5.75 Å². The second-order valence-electron chi connectivity index (χ2n) is 6.77. The number of benzene rings is 1. The highest BCUT2D eigenvalue weighted by Gasteiger charge is 2.31. The summed E-state index contributed by atoms with van der Waals surface area (Å²) >= 11 is 1.15. The van der Waals surface area contributed by atoms with Crippen LogP contribution in [-0.2, 0) is 11.2 Å². The number of amides is 1. The molecule has 180 valence electrons. The number of nitrogens with two attached hydrogens (primary N) is 1. The largest absolute Gasteiger partial charge is 0.573 e. The molecular weight excluding hydrogens is 471 g/mol. The molecule has 0 radical (unpaired) electrons. The molecule has 0 aliphatic rings. The quantitative estimate of drug-likeness (QED) is 0.244. The Bertz CT molecular complexity index is 1100. The zero-order valence-corrected chi connectivity index (χ0v) is 18.9. The van der Waals surface area contributed by atoms with Gasteiger partial charge in [0.05, 0.1) is 23.2 Å². The van der Waals surface area contributed by atoms with Crippen molar-refractivity contribution in [3.8, 4) is 5.75 Å². The predicted octanol–water partition coefficient (Wildman–Crippen LogP) is 4.35. The number of aromatic nitrogens is 3. The van der Waals surface area contributed by atoms with E-state index in [4.69, 9.17) is 10.5 Å². The highest BCUT2D eigenvalue weighted by molar-refractivity contribution is 7.99. The highest BCUT2D eigenvalue weighted by Crippen LogP contribution is 2.31. The average molecular weight is 494 g/mol. The molecule has 1 atom stereocenters. The minimum Gasteiger partial charge on any atom is -0.406 e. The monoisotopic (exact) mass is 493 g/mol. The Hall–Kier alpha value is -3.22. The van der Waals surface area contributed by atoms with Gasteiger partial charge >= 0.3 is 6.36 Å². The van der Waals surface area contributed by atoms with Crippen LogP contribution in [0.25, 0.3) is 0 Å². The first kappa shape index (κ1) is 25.4. The third kappa shape index (κ3) is 7.68. The molecule has 1 aromatic carbocycles. The summed E-state index contributed by atoms with van der Waals surface area (Å²) in [5.41, 5.74) is 7.42. The van der Waals surface area contributed by atoms with Gasteiger partial charge in [-0.15, -0.1) is 13.2 Å². The van der Waals surface area contributed by atoms with Gasteiger partial charge in [0.25, 0.3) is 5.91 Å². The van der Waals surface area contributed by atoms with Crippen LogP contribution in [0.2, 0.25) is 0 Å². The smallest absolute Gasteiger partial charge is 0.406 e. The minimum atomic E-state index is -4.79. The predicted molar refractivity (Wildman–Crippen MR) is 120 cm³/mol. The molecule has 3 aromatic rings. The van der Waals surface area contributed by atoms with Crippen LogP contribution in [0.15, 0.2) is 59.9 Å². The molecular formula is C22H22F3N5O3S. The molecule has 34 heavy (non-hydrogen) atoms. The lowest BCUT2D eigenvalue weighted by Gasteiger charge is -2.14. The van der Waals surface area contributed by atoms with Crippen LogP contribution in [0, 0.1) is 0 Å². The molecule has 3 rings (SSSR count). The lowest BCUT2D eigenvalue weighted by atomic mass is 10.2. The second kappa shape index (κ2) is 11.8. The molecule has 0 fully saturated rings. The number of anilines is 1. The van der Waals surface area contributed by atoms with Crippen molar-refractivity contribution in [2.45, 2.75) is 30.1 Å². The number of alkyl halides is 3. The van der Waals surface area contributed by atoms with Crippen molar-refractivity contribution >= 4 is 23.4 Å². The van der Waals surface area contributed by atoms with Gasteiger partial charge in [0, 0.05) is 31.1 Å². The molecule has 0 saturated heterocycles. The molecule has 2 aromatic heterocycles. The molecule has 3 N–H and O–H groups in total. The SMILES string of the molecule is CCOCCc1nccc(C(N)Sc2ncccc2C(=O)Nc2ccc(OC(F)(F)F)cc2)n1. The van der Waals surface area contributed by atoms with Gasteiger partial charge in [0.1, 0.15) is 16.6 Å². The van der Waals surface area contributed by atoms with Gasteiger partial charge in [0.2, 0.25) is 0 Å². The summed E-state index contributed by atoms with van der Waals surface area (Å²) in [6, 6.07) is 9.69. The summed E-state index contributed by atoms with van der Waals surface area (Å²) in [6.45, 7) is 3.00. The summed E-state index contributed by atoms with van der Waals surface area (Å²) in [5, 5.41) is 2.39. The van der Waals surface area contributed by atoms with Gasteiger partial charge in [-0.1, -0.05) is 11.8 Å². The number of halogens is 3. The normalized spacial score (nSPS) is 12.3. The van der Waals surface area contributed by atoms with Crippen LogP contribution in [0.3, 0.4) is 0 Å². The van der Waals surface area contributed by atoms with E-state index in [9.17, 15) is 18.0 Å². The summed E-state index contributed by atoms with van der Waals surface area (Å²) in [7, 11) is 0. The molecule has 2 heterocycles.